The Labute approximate surface area is 108 Å². The van der Waals surface area contributed by atoms with Crippen LogP contribution < -0.4 is 5.32 Å². The number of carbonyl (C=O) groups is 2. The highest BCUT2D eigenvalue weighted by molar-refractivity contribution is 5.77. The fourth-order valence-electron chi connectivity index (χ4n) is 2.60. The smallest absolute Gasteiger partial charge is 0.410 e. The maximum Gasteiger partial charge on any atom is 0.410 e. The minimum Gasteiger partial charge on any atom is -0.444 e. The maximum atomic E-state index is 12.0. The first-order valence-electron chi connectivity index (χ1n) is 6.62. The van der Waals surface area contributed by atoms with Gasteiger partial charge in [-0.15, -0.1) is 0 Å². The summed E-state index contributed by atoms with van der Waals surface area (Å²) in [6.07, 6.45) is 2.03. The molecule has 0 aromatic carbocycles. The Kier molecular flexibility index (Phi) is 3.50. The fourth-order valence-corrected chi connectivity index (χ4v) is 2.60. The van der Waals surface area contributed by atoms with Gasteiger partial charge >= 0.3 is 6.09 Å². The quantitative estimate of drug-likeness (QED) is 0.713. The van der Waals surface area contributed by atoms with Crippen molar-refractivity contribution in [2.24, 2.45) is 5.92 Å². The van der Waals surface area contributed by atoms with Crippen molar-refractivity contribution >= 4 is 12.0 Å². The van der Waals surface area contributed by atoms with Crippen molar-refractivity contribution in [2.75, 3.05) is 13.1 Å². The van der Waals surface area contributed by atoms with Gasteiger partial charge in [0.25, 0.3) is 0 Å². The molecule has 0 aliphatic carbocycles. The van der Waals surface area contributed by atoms with Crippen LogP contribution in [0, 0.1) is 5.92 Å². The summed E-state index contributed by atoms with van der Waals surface area (Å²) < 4.78 is 5.38. The van der Waals surface area contributed by atoms with Crippen molar-refractivity contribution in [3.05, 3.63) is 0 Å². The van der Waals surface area contributed by atoms with E-state index in [2.05, 4.69) is 5.32 Å². The van der Waals surface area contributed by atoms with Crippen molar-refractivity contribution in [1.82, 2.24) is 10.2 Å². The molecule has 2 fully saturated rings. The molecule has 0 aromatic heterocycles. The standard InChI is InChI=1S/C13H22N2O3/c1-13(2,3)18-12(17)15-7-6-10-9(8-15)4-5-11(16)14-10/h9-10H,4-8H2,1-3H3,(H,14,16)/t9-,10-/m1/s1. The Morgan fingerprint density at radius 3 is 2.78 bits per heavy atom. The van der Waals surface area contributed by atoms with Gasteiger partial charge in [0, 0.05) is 25.6 Å². The van der Waals surface area contributed by atoms with E-state index in [1.807, 2.05) is 20.8 Å². The number of rotatable bonds is 0. The molecule has 2 saturated heterocycles. The Bertz CT molecular complexity index is 349. The number of fused-ring (bicyclic) bond motifs is 1. The van der Waals surface area contributed by atoms with Crippen LogP contribution in [0.15, 0.2) is 0 Å². The molecule has 2 amide bonds. The van der Waals surface area contributed by atoms with Crippen molar-refractivity contribution in [2.45, 2.75) is 51.7 Å². The average Bonchev–Trinajstić information content (AvgIpc) is 2.26. The first kappa shape index (κ1) is 13.2. The second-order valence-corrected chi connectivity index (χ2v) is 6.19. The molecule has 2 aliphatic rings. The van der Waals surface area contributed by atoms with Crippen LogP contribution in [0.3, 0.4) is 0 Å². The van der Waals surface area contributed by atoms with E-state index in [1.165, 1.54) is 0 Å². The number of hydrogen-bond donors (Lipinski definition) is 1. The van der Waals surface area contributed by atoms with Gasteiger partial charge in [0.15, 0.2) is 0 Å². The lowest BCUT2D eigenvalue weighted by molar-refractivity contribution is -0.125. The number of hydrogen-bond acceptors (Lipinski definition) is 3. The van der Waals surface area contributed by atoms with Crippen LogP contribution in [0.2, 0.25) is 0 Å². The van der Waals surface area contributed by atoms with Gasteiger partial charge in [-0.3, -0.25) is 4.79 Å². The van der Waals surface area contributed by atoms with Crippen LogP contribution in [0.4, 0.5) is 4.79 Å². The molecule has 1 N–H and O–H groups in total. The van der Waals surface area contributed by atoms with Crippen molar-refractivity contribution < 1.29 is 14.3 Å². The number of ether oxygens (including phenoxy) is 1. The third-order valence-corrected chi connectivity index (χ3v) is 3.47. The molecule has 0 aromatic rings. The summed E-state index contributed by atoms with van der Waals surface area (Å²) in [5, 5.41) is 3.01. The number of nitrogens with one attached hydrogen (secondary N) is 1. The summed E-state index contributed by atoms with van der Waals surface area (Å²) in [6.45, 7) is 6.98. The van der Waals surface area contributed by atoms with Crippen LogP contribution in [0.25, 0.3) is 0 Å². The van der Waals surface area contributed by atoms with Crippen LogP contribution in [0.1, 0.15) is 40.0 Å². The molecule has 5 nitrogen and oxygen atoms in total. The van der Waals surface area contributed by atoms with Crippen LogP contribution in [-0.4, -0.2) is 41.6 Å². The Hall–Kier alpha value is -1.26. The van der Waals surface area contributed by atoms with E-state index in [1.54, 1.807) is 4.90 Å². The summed E-state index contributed by atoms with van der Waals surface area (Å²) >= 11 is 0. The molecule has 2 rings (SSSR count). The lowest BCUT2D eigenvalue weighted by Crippen LogP contribution is -2.55. The first-order valence-corrected chi connectivity index (χ1v) is 6.62. The number of likely N-dealkylation sites (tertiary alicyclic amines) is 1. The zero-order valence-corrected chi connectivity index (χ0v) is 11.4. The van der Waals surface area contributed by atoms with Gasteiger partial charge in [-0.25, -0.2) is 4.79 Å². The molecule has 102 valence electrons. The number of carbonyl (C=O) groups excluding carboxylic acids is 2. The van der Waals surface area contributed by atoms with E-state index in [9.17, 15) is 9.59 Å². The van der Waals surface area contributed by atoms with E-state index >= 15 is 0 Å². The Morgan fingerprint density at radius 2 is 2.11 bits per heavy atom. The van der Waals surface area contributed by atoms with Crippen LogP contribution in [0.5, 0.6) is 0 Å². The highest BCUT2D eigenvalue weighted by Gasteiger charge is 2.36. The molecule has 0 radical (unpaired) electrons. The third-order valence-electron chi connectivity index (χ3n) is 3.47. The molecule has 2 heterocycles. The number of amides is 2. The highest BCUT2D eigenvalue weighted by Crippen LogP contribution is 2.26. The summed E-state index contributed by atoms with van der Waals surface area (Å²) in [5.41, 5.74) is -0.450. The molecule has 2 aliphatic heterocycles. The molecule has 5 heteroatoms. The molecular weight excluding hydrogens is 232 g/mol. The summed E-state index contributed by atoms with van der Waals surface area (Å²) in [6, 6.07) is 0.241. The zero-order chi connectivity index (χ0) is 13.3. The van der Waals surface area contributed by atoms with E-state index in [0.717, 1.165) is 12.8 Å². The number of piperidine rings is 2. The van der Waals surface area contributed by atoms with Gasteiger partial charge < -0.3 is 15.0 Å². The minimum atomic E-state index is -0.450. The van der Waals surface area contributed by atoms with Gasteiger partial charge in [-0.05, 0) is 39.5 Å². The maximum absolute atomic E-state index is 12.0. The third kappa shape index (κ3) is 3.15. The zero-order valence-electron chi connectivity index (χ0n) is 11.4. The predicted octanol–water partition coefficient (Wildman–Crippen LogP) is 1.52. The Morgan fingerprint density at radius 1 is 1.39 bits per heavy atom. The molecule has 0 bridgehead atoms. The van der Waals surface area contributed by atoms with Crippen LogP contribution in [-0.2, 0) is 9.53 Å². The summed E-state index contributed by atoms with van der Waals surface area (Å²) in [5.74, 6) is 0.519. The molecule has 0 spiro atoms. The van der Waals surface area contributed by atoms with Gasteiger partial charge in [0.2, 0.25) is 5.91 Å². The van der Waals surface area contributed by atoms with Crippen molar-refractivity contribution in [1.29, 1.82) is 0 Å². The van der Waals surface area contributed by atoms with Gasteiger partial charge in [0.1, 0.15) is 5.60 Å². The first-order chi connectivity index (χ1) is 8.35. The van der Waals surface area contributed by atoms with E-state index in [0.29, 0.717) is 25.4 Å². The monoisotopic (exact) mass is 254 g/mol. The highest BCUT2D eigenvalue weighted by atomic mass is 16.6. The second-order valence-electron chi connectivity index (χ2n) is 6.19. The largest absolute Gasteiger partial charge is 0.444 e. The van der Waals surface area contributed by atoms with E-state index < -0.39 is 5.60 Å². The van der Waals surface area contributed by atoms with E-state index in [4.69, 9.17) is 4.74 Å². The normalized spacial score (nSPS) is 28.4. The average molecular weight is 254 g/mol. The molecule has 2 atom stereocenters. The second kappa shape index (κ2) is 4.78. The van der Waals surface area contributed by atoms with Gasteiger partial charge in [-0.2, -0.15) is 0 Å². The van der Waals surface area contributed by atoms with E-state index in [-0.39, 0.29) is 18.0 Å². The SMILES string of the molecule is CC(C)(C)OC(=O)N1CC[C@H]2NC(=O)CC[C@@H]2C1. The minimum absolute atomic E-state index is 0.141. The van der Waals surface area contributed by atoms with Crippen LogP contribution >= 0.6 is 0 Å². The van der Waals surface area contributed by atoms with Gasteiger partial charge in [0.05, 0.1) is 0 Å². The number of nitrogens with zero attached hydrogens (tertiary/aromatic N) is 1. The predicted molar refractivity (Wildman–Crippen MR) is 67.1 cm³/mol. The topological polar surface area (TPSA) is 58.6 Å². The molecule has 0 unspecified atom stereocenters. The van der Waals surface area contributed by atoms with Gasteiger partial charge in [-0.1, -0.05) is 0 Å². The summed E-state index contributed by atoms with van der Waals surface area (Å²) in [7, 11) is 0. The molecule has 0 saturated carbocycles. The van der Waals surface area contributed by atoms with Crippen molar-refractivity contribution in [3.8, 4) is 0 Å². The lowest BCUT2D eigenvalue weighted by atomic mass is 9.85. The lowest BCUT2D eigenvalue weighted by Gasteiger charge is -2.41. The Balaban J connectivity index is 1.91. The summed E-state index contributed by atoms with van der Waals surface area (Å²) in [4.78, 5) is 25.0. The van der Waals surface area contributed by atoms with Crippen molar-refractivity contribution in [3.63, 3.8) is 0 Å². The molecule has 18 heavy (non-hydrogen) atoms. The molecular formula is C13H22N2O3. The fraction of sp³-hybridized carbons (Fsp3) is 0.846.